The third kappa shape index (κ3) is 2.29. The van der Waals surface area contributed by atoms with Crippen molar-refractivity contribution in [3.05, 3.63) is 34.6 Å². The van der Waals surface area contributed by atoms with Crippen molar-refractivity contribution in [2.75, 3.05) is 6.54 Å². The molecular weight excluding hydrogens is 253 g/mol. The second kappa shape index (κ2) is 5.14. The Morgan fingerprint density at radius 3 is 2.94 bits per heavy atom. The van der Waals surface area contributed by atoms with Gasteiger partial charge in [0.2, 0.25) is 0 Å². The van der Waals surface area contributed by atoms with Crippen LogP contribution in [-0.2, 0) is 0 Å². The average Bonchev–Trinajstić information content (AvgIpc) is 2.74. The van der Waals surface area contributed by atoms with E-state index in [0.29, 0.717) is 12.5 Å². The minimum absolute atomic E-state index is 0.00622. The third-order valence-corrected chi connectivity index (χ3v) is 3.73. The summed E-state index contributed by atoms with van der Waals surface area (Å²) >= 11 is 5.70. The number of hydrogen-bond donors (Lipinski definition) is 1. The van der Waals surface area contributed by atoms with E-state index in [4.69, 9.17) is 17.3 Å². The van der Waals surface area contributed by atoms with Crippen molar-refractivity contribution in [3.63, 3.8) is 0 Å². The highest BCUT2D eigenvalue weighted by Gasteiger charge is 2.30. The van der Waals surface area contributed by atoms with Crippen molar-refractivity contribution in [1.82, 2.24) is 4.90 Å². The zero-order valence-corrected chi connectivity index (χ0v) is 11.3. The fourth-order valence-corrected chi connectivity index (χ4v) is 2.34. The molecule has 0 bridgehead atoms. The van der Waals surface area contributed by atoms with Crippen LogP contribution in [0.25, 0.3) is 0 Å². The topological polar surface area (TPSA) is 41.6 Å². The summed E-state index contributed by atoms with van der Waals surface area (Å²) in [6, 6.07) is 5.16. The summed E-state index contributed by atoms with van der Waals surface area (Å²) < 4.78 is 13.5. The smallest absolute Gasteiger partial charge is 0.192 e. The first-order valence-corrected chi connectivity index (χ1v) is 6.45. The van der Waals surface area contributed by atoms with Crippen molar-refractivity contribution in [1.29, 1.82) is 0 Å². The van der Waals surface area contributed by atoms with E-state index in [1.54, 1.807) is 6.07 Å². The molecule has 0 radical (unpaired) electrons. The largest absolute Gasteiger partial charge is 0.370 e. The highest BCUT2D eigenvalue weighted by atomic mass is 35.5. The molecule has 0 aromatic heterocycles. The van der Waals surface area contributed by atoms with Gasteiger partial charge < -0.3 is 10.6 Å². The first kappa shape index (κ1) is 13.1. The van der Waals surface area contributed by atoms with E-state index in [9.17, 15) is 4.39 Å². The van der Waals surface area contributed by atoms with E-state index in [-0.39, 0.29) is 17.1 Å². The van der Waals surface area contributed by atoms with Crippen LogP contribution in [0.5, 0.6) is 0 Å². The Kier molecular flexibility index (Phi) is 3.76. The first-order valence-electron chi connectivity index (χ1n) is 6.07. The van der Waals surface area contributed by atoms with E-state index in [1.165, 1.54) is 6.07 Å². The number of nitrogens with two attached hydrogens (primary N) is 1. The molecule has 0 saturated carbocycles. The fourth-order valence-electron chi connectivity index (χ4n) is 2.22. The maximum atomic E-state index is 13.5. The molecule has 2 rings (SSSR count). The van der Waals surface area contributed by atoms with Crippen molar-refractivity contribution in [2.24, 2.45) is 10.7 Å². The summed E-state index contributed by atoms with van der Waals surface area (Å²) in [6.07, 6.45) is 0.961. The SMILES string of the molecule is CCC(C)N1C(N)=NCC1c1ccc(Cl)c(F)c1. The van der Waals surface area contributed by atoms with E-state index in [0.717, 1.165) is 12.0 Å². The molecular formula is C13H17ClFN3. The lowest BCUT2D eigenvalue weighted by atomic mass is 10.0. The second-order valence-electron chi connectivity index (χ2n) is 4.55. The molecule has 0 fully saturated rings. The Hall–Kier alpha value is -1.29. The van der Waals surface area contributed by atoms with Crippen molar-refractivity contribution >= 4 is 17.6 Å². The maximum Gasteiger partial charge on any atom is 0.192 e. The van der Waals surface area contributed by atoms with Crippen LogP contribution >= 0.6 is 11.6 Å². The Bertz CT molecular complexity index is 475. The second-order valence-corrected chi connectivity index (χ2v) is 4.96. The quantitative estimate of drug-likeness (QED) is 0.917. The van der Waals surface area contributed by atoms with E-state index < -0.39 is 5.82 Å². The molecule has 98 valence electrons. The summed E-state index contributed by atoms with van der Waals surface area (Å²) in [6.45, 7) is 4.75. The Morgan fingerprint density at radius 2 is 2.33 bits per heavy atom. The highest BCUT2D eigenvalue weighted by molar-refractivity contribution is 6.30. The molecule has 3 nitrogen and oxygen atoms in total. The van der Waals surface area contributed by atoms with Gasteiger partial charge in [-0.1, -0.05) is 24.6 Å². The lowest BCUT2D eigenvalue weighted by Gasteiger charge is -2.32. The lowest BCUT2D eigenvalue weighted by molar-refractivity contribution is 0.268. The fraction of sp³-hybridized carbons (Fsp3) is 0.462. The molecule has 0 saturated heterocycles. The zero-order chi connectivity index (χ0) is 13.3. The standard InChI is InChI=1S/C13H17ClFN3/c1-3-8(2)18-12(7-17-13(18)16)9-4-5-10(14)11(15)6-9/h4-6,8,12H,3,7H2,1-2H3,(H2,16,17). The van der Waals surface area contributed by atoms with E-state index in [2.05, 4.69) is 18.8 Å². The van der Waals surface area contributed by atoms with Gasteiger partial charge in [0.1, 0.15) is 5.82 Å². The number of aliphatic imine (C=N–C) groups is 1. The van der Waals surface area contributed by atoms with Gasteiger partial charge in [-0.15, -0.1) is 0 Å². The maximum absolute atomic E-state index is 13.5. The summed E-state index contributed by atoms with van der Waals surface area (Å²) in [7, 11) is 0. The number of rotatable bonds is 3. The lowest BCUT2D eigenvalue weighted by Crippen LogP contribution is -2.42. The Balaban J connectivity index is 2.30. The van der Waals surface area contributed by atoms with Crippen molar-refractivity contribution < 1.29 is 4.39 Å². The van der Waals surface area contributed by atoms with Crippen LogP contribution in [0.15, 0.2) is 23.2 Å². The van der Waals surface area contributed by atoms with Crippen molar-refractivity contribution in [3.8, 4) is 0 Å². The van der Waals surface area contributed by atoms with E-state index >= 15 is 0 Å². The van der Waals surface area contributed by atoms with Crippen LogP contribution in [0.1, 0.15) is 31.9 Å². The summed E-state index contributed by atoms with van der Waals surface area (Å²) in [4.78, 5) is 6.31. The van der Waals surface area contributed by atoms with Crippen LogP contribution in [-0.4, -0.2) is 23.4 Å². The van der Waals surface area contributed by atoms with Crippen molar-refractivity contribution in [2.45, 2.75) is 32.4 Å². The van der Waals surface area contributed by atoms with Gasteiger partial charge in [-0.3, -0.25) is 4.99 Å². The molecule has 5 heteroatoms. The zero-order valence-electron chi connectivity index (χ0n) is 10.5. The molecule has 18 heavy (non-hydrogen) atoms. The number of guanidine groups is 1. The number of hydrogen-bond acceptors (Lipinski definition) is 3. The minimum atomic E-state index is -0.399. The summed E-state index contributed by atoms with van der Waals surface area (Å²) in [5, 5.41) is 0.140. The van der Waals surface area contributed by atoms with Crippen LogP contribution in [0.2, 0.25) is 5.02 Å². The Morgan fingerprint density at radius 1 is 1.61 bits per heavy atom. The minimum Gasteiger partial charge on any atom is -0.370 e. The van der Waals surface area contributed by atoms with Crippen LogP contribution < -0.4 is 5.73 Å². The third-order valence-electron chi connectivity index (χ3n) is 3.42. The molecule has 2 N–H and O–H groups in total. The molecule has 0 spiro atoms. The summed E-state index contributed by atoms with van der Waals surface area (Å²) in [5.74, 6) is 0.133. The number of benzene rings is 1. The monoisotopic (exact) mass is 269 g/mol. The van der Waals surface area contributed by atoms with Crippen LogP contribution in [0.3, 0.4) is 0 Å². The molecule has 0 amide bonds. The molecule has 0 aliphatic carbocycles. The van der Waals surface area contributed by atoms with Gasteiger partial charge >= 0.3 is 0 Å². The molecule has 2 unspecified atom stereocenters. The van der Waals surface area contributed by atoms with Gasteiger partial charge in [-0.05, 0) is 31.0 Å². The highest BCUT2D eigenvalue weighted by Crippen LogP contribution is 2.30. The molecule has 2 atom stereocenters. The molecule has 1 aliphatic rings. The number of halogens is 2. The average molecular weight is 270 g/mol. The molecule has 1 aromatic rings. The Labute approximate surface area is 111 Å². The van der Waals surface area contributed by atoms with Crippen LogP contribution in [0, 0.1) is 5.82 Å². The van der Waals surface area contributed by atoms with Gasteiger partial charge in [-0.25, -0.2) is 4.39 Å². The number of nitrogens with zero attached hydrogens (tertiary/aromatic N) is 2. The predicted molar refractivity (Wildman–Crippen MR) is 72.2 cm³/mol. The van der Waals surface area contributed by atoms with Gasteiger partial charge in [0.05, 0.1) is 17.6 Å². The normalized spacial score (nSPS) is 21.0. The first-order chi connectivity index (χ1) is 8.54. The van der Waals surface area contributed by atoms with Gasteiger partial charge in [0.15, 0.2) is 5.96 Å². The predicted octanol–water partition coefficient (Wildman–Crippen LogP) is 2.95. The van der Waals surface area contributed by atoms with Gasteiger partial charge in [-0.2, -0.15) is 0 Å². The summed E-state index contributed by atoms with van der Waals surface area (Å²) in [5.41, 5.74) is 6.77. The van der Waals surface area contributed by atoms with E-state index in [1.807, 2.05) is 11.0 Å². The molecule has 1 aromatic carbocycles. The van der Waals surface area contributed by atoms with Crippen LogP contribution in [0.4, 0.5) is 4.39 Å². The van der Waals surface area contributed by atoms with Gasteiger partial charge in [0, 0.05) is 6.04 Å². The molecule has 1 aliphatic heterocycles. The molecule has 1 heterocycles. The van der Waals surface area contributed by atoms with Gasteiger partial charge in [0.25, 0.3) is 0 Å².